The molecular weight excluding hydrogens is 348 g/mol. The van der Waals surface area contributed by atoms with Crippen LogP contribution in [0.5, 0.6) is 0 Å². The molecule has 0 saturated heterocycles. The Morgan fingerprint density at radius 3 is 2.54 bits per heavy atom. The van der Waals surface area contributed by atoms with Gasteiger partial charge in [-0.1, -0.05) is 37.3 Å². The molecule has 26 heavy (non-hydrogen) atoms. The first-order chi connectivity index (χ1) is 12.7. The summed E-state index contributed by atoms with van der Waals surface area (Å²) in [6.45, 7) is 2.27. The molecule has 3 rings (SSSR count). The lowest BCUT2D eigenvalue weighted by Crippen LogP contribution is -2.15. The predicted octanol–water partition coefficient (Wildman–Crippen LogP) is 4.63. The van der Waals surface area contributed by atoms with Crippen LogP contribution in [0.1, 0.15) is 34.1 Å². The lowest BCUT2D eigenvalue weighted by atomic mass is 10.0. The van der Waals surface area contributed by atoms with Crippen LogP contribution in [0.2, 0.25) is 0 Å². The van der Waals surface area contributed by atoms with E-state index in [9.17, 15) is 9.59 Å². The molecule has 0 aliphatic rings. The summed E-state index contributed by atoms with van der Waals surface area (Å²) in [7, 11) is 0. The Morgan fingerprint density at radius 2 is 1.85 bits per heavy atom. The number of carbonyl (C=O) groups excluding carboxylic acids is 2. The lowest BCUT2D eigenvalue weighted by molar-refractivity contribution is 0.0508. The lowest BCUT2D eigenvalue weighted by Gasteiger charge is -2.09. The summed E-state index contributed by atoms with van der Waals surface area (Å²) in [6, 6.07) is 12.8. The molecule has 132 valence electrons. The van der Waals surface area contributed by atoms with Gasteiger partial charge in [0, 0.05) is 28.9 Å². The number of anilines is 1. The molecule has 2 aromatic heterocycles. The van der Waals surface area contributed by atoms with Crippen LogP contribution < -0.4 is 5.32 Å². The molecule has 0 fully saturated rings. The van der Waals surface area contributed by atoms with E-state index < -0.39 is 5.97 Å². The average Bonchev–Trinajstić information content (AvgIpc) is 3.11. The van der Waals surface area contributed by atoms with Crippen LogP contribution in [0.3, 0.4) is 0 Å². The molecule has 2 heterocycles. The van der Waals surface area contributed by atoms with E-state index in [0.29, 0.717) is 22.7 Å². The average molecular weight is 366 g/mol. The Kier molecular flexibility index (Phi) is 5.76. The number of hydrogen-bond acceptors (Lipinski definition) is 5. The second-order valence-corrected chi connectivity index (χ2v) is 6.43. The highest BCUT2D eigenvalue weighted by molar-refractivity contribution is 7.15. The minimum Gasteiger partial charge on any atom is -0.462 e. The number of carbonyl (C=O) groups is 2. The number of amides is 1. The summed E-state index contributed by atoms with van der Waals surface area (Å²) >= 11 is 1.31. The zero-order valence-electron chi connectivity index (χ0n) is 14.3. The second-order valence-electron chi connectivity index (χ2n) is 5.55. The molecule has 1 N–H and O–H groups in total. The van der Waals surface area contributed by atoms with Gasteiger partial charge in [0.15, 0.2) is 0 Å². The van der Waals surface area contributed by atoms with Crippen molar-refractivity contribution in [2.45, 2.75) is 13.3 Å². The van der Waals surface area contributed by atoms with Crippen molar-refractivity contribution in [1.82, 2.24) is 4.98 Å². The van der Waals surface area contributed by atoms with Crippen molar-refractivity contribution in [2.75, 3.05) is 11.9 Å². The Labute approximate surface area is 155 Å². The van der Waals surface area contributed by atoms with Crippen molar-refractivity contribution in [3.8, 4) is 11.1 Å². The van der Waals surface area contributed by atoms with E-state index in [4.69, 9.17) is 4.74 Å². The predicted molar refractivity (Wildman–Crippen MR) is 103 cm³/mol. The number of hydrogen-bond donors (Lipinski definition) is 1. The summed E-state index contributed by atoms with van der Waals surface area (Å²) in [4.78, 5) is 29.0. The Bertz CT molecular complexity index is 892. The molecule has 5 nitrogen and oxygen atoms in total. The minimum absolute atomic E-state index is 0.293. The van der Waals surface area contributed by atoms with E-state index in [2.05, 4.69) is 10.3 Å². The summed E-state index contributed by atoms with van der Waals surface area (Å²) in [5.41, 5.74) is 2.51. The van der Waals surface area contributed by atoms with Crippen LogP contribution in [-0.4, -0.2) is 23.5 Å². The Morgan fingerprint density at radius 1 is 1.12 bits per heavy atom. The van der Waals surface area contributed by atoms with Crippen LogP contribution in [0.25, 0.3) is 11.1 Å². The number of rotatable bonds is 6. The molecule has 6 heteroatoms. The molecule has 0 saturated carbocycles. The number of ether oxygens (including phenoxy) is 1. The summed E-state index contributed by atoms with van der Waals surface area (Å²) in [5.74, 6) is -0.726. The van der Waals surface area contributed by atoms with E-state index in [1.807, 2.05) is 42.6 Å². The zero-order chi connectivity index (χ0) is 18.4. The monoisotopic (exact) mass is 366 g/mol. The third-order valence-electron chi connectivity index (χ3n) is 3.69. The van der Waals surface area contributed by atoms with Crippen molar-refractivity contribution in [1.29, 1.82) is 0 Å². The molecule has 1 aromatic carbocycles. The standard InChI is InChI=1S/C20H18N2O3S/c1-2-12-25-20(24)17-16(14-6-4-3-5-7-14)13-26-19(17)22-18(23)15-8-10-21-11-9-15/h3-11,13H,2,12H2,1H3,(H,22,23). The SMILES string of the molecule is CCCOC(=O)c1c(-c2ccccc2)csc1NC(=O)c1ccncc1. The second kappa shape index (κ2) is 8.40. The van der Waals surface area contributed by atoms with Gasteiger partial charge in [-0.2, -0.15) is 0 Å². The normalized spacial score (nSPS) is 10.3. The quantitative estimate of drug-likeness (QED) is 0.646. The smallest absolute Gasteiger partial charge is 0.341 e. The van der Waals surface area contributed by atoms with Gasteiger partial charge in [0.25, 0.3) is 5.91 Å². The van der Waals surface area contributed by atoms with E-state index in [-0.39, 0.29) is 5.91 Å². The van der Waals surface area contributed by atoms with Crippen LogP contribution in [0, 0.1) is 0 Å². The number of pyridine rings is 1. The highest BCUT2D eigenvalue weighted by Gasteiger charge is 2.23. The van der Waals surface area contributed by atoms with E-state index in [1.54, 1.807) is 24.5 Å². The number of esters is 1. The highest BCUT2D eigenvalue weighted by Crippen LogP contribution is 2.36. The maximum Gasteiger partial charge on any atom is 0.341 e. The van der Waals surface area contributed by atoms with Gasteiger partial charge in [0.2, 0.25) is 0 Å². The van der Waals surface area contributed by atoms with Gasteiger partial charge in [0.05, 0.1) is 6.61 Å². The van der Waals surface area contributed by atoms with Crippen molar-refractivity contribution >= 4 is 28.2 Å². The van der Waals surface area contributed by atoms with Gasteiger partial charge in [-0.15, -0.1) is 11.3 Å². The first-order valence-electron chi connectivity index (χ1n) is 8.26. The fourth-order valence-corrected chi connectivity index (χ4v) is 3.38. The van der Waals surface area contributed by atoms with Gasteiger partial charge in [0.1, 0.15) is 10.6 Å². The molecule has 0 aliphatic heterocycles. The van der Waals surface area contributed by atoms with Gasteiger partial charge in [-0.3, -0.25) is 9.78 Å². The molecule has 3 aromatic rings. The first-order valence-corrected chi connectivity index (χ1v) is 9.14. The minimum atomic E-state index is -0.433. The maximum absolute atomic E-state index is 12.6. The van der Waals surface area contributed by atoms with Gasteiger partial charge in [-0.05, 0) is 24.1 Å². The highest BCUT2D eigenvalue weighted by atomic mass is 32.1. The van der Waals surface area contributed by atoms with Gasteiger partial charge < -0.3 is 10.1 Å². The third-order valence-corrected chi connectivity index (χ3v) is 4.58. The summed E-state index contributed by atoms with van der Waals surface area (Å²) in [5, 5.41) is 5.16. The fraction of sp³-hybridized carbons (Fsp3) is 0.150. The van der Waals surface area contributed by atoms with Crippen LogP contribution in [-0.2, 0) is 4.74 Å². The van der Waals surface area contributed by atoms with Gasteiger partial charge in [-0.25, -0.2) is 4.79 Å². The summed E-state index contributed by atoms with van der Waals surface area (Å²) < 4.78 is 5.33. The first kappa shape index (κ1) is 17.8. The van der Waals surface area contributed by atoms with Crippen molar-refractivity contribution in [3.63, 3.8) is 0 Å². The van der Waals surface area contributed by atoms with Crippen molar-refractivity contribution in [2.24, 2.45) is 0 Å². The van der Waals surface area contributed by atoms with Crippen LogP contribution in [0.15, 0.2) is 60.2 Å². The number of aromatic nitrogens is 1. The van der Waals surface area contributed by atoms with Crippen molar-refractivity contribution in [3.05, 3.63) is 71.4 Å². The Balaban J connectivity index is 1.95. The molecular formula is C20H18N2O3S. The third kappa shape index (κ3) is 3.97. The molecule has 0 spiro atoms. The topological polar surface area (TPSA) is 68.3 Å². The number of benzene rings is 1. The van der Waals surface area contributed by atoms with Crippen LogP contribution >= 0.6 is 11.3 Å². The molecule has 0 bridgehead atoms. The fourth-order valence-electron chi connectivity index (χ4n) is 2.43. The number of thiophene rings is 1. The van der Waals surface area contributed by atoms with Crippen LogP contribution in [0.4, 0.5) is 5.00 Å². The Hall–Kier alpha value is -2.99. The number of nitrogens with one attached hydrogen (secondary N) is 1. The van der Waals surface area contributed by atoms with Gasteiger partial charge >= 0.3 is 5.97 Å². The largest absolute Gasteiger partial charge is 0.462 e. The molecule has 0 aliphatic carbocycles. The maximum atomic E-state index is 12.6. The molecule has 0 atom stereocenters. The molecule has 0 unspecified atom stereocenters. The molecule has 1 amide bonds. The zero-order valence-corrected chi connectivity index (χ0v) is 15.1. The number of nitrogens with zero attached hydrogens (tertiary/aromatic N) is 1. The summed E-state index contributed by atoms with van der Waals surface area (Å²) in [6.07, 6.45) is 3.83. The van der Waals surface area contributed by atoms with E-state index in [0.717, 1.165) is 17.5 Å². The van der Waals surface area contributed by atoms with E-state index >= 15 is 0 Å². The van der Waals surface area contributed by atoms with E-state index in [1.165, 1.54) is 11.3 Å². The molecule has 0 radical (unpaired) electrons. The van der Waals surface area contributed by atoms with Crippen molar-refractivity contribution < 1.29 is 14.3 Å².